The summed E-state index contributed by atoms with van der Waals surface area (Å²) < 4.78 is 6.87. The predicted molar refractivity (Wildman–Crippen MR) is 128 cm³/mol. The molecule has 0 saturated heterocycles. The Hall–Kier alpha value is -3.07. The van der Waals surface area contributed by atoms with Crippen LogP contribution >= 0.6 is 27.5 Å². The Labute approximate surface area is 195 Å². The third kappa shape index (κ3) is 6.21. The maximum Gasteiger partial charge on any atom is 0.266 e. The van der Waals surface area contributed by atoms with E-state index in [1.807, 2.05) is 49.4 Å². The van der Waals surface area contributed by atoms with Crippen molar-refractivity contribution < 1.29 is 9.53 Å². The summed E-state index contributed by atoms with van der Waals surface area (Å²) in [6, 6.07) is 22.4. The zero-order valence-electron chi connectivity index (χ0n) is 16.9. The molecule has 0 aliphatic heterocycles. The Morgan fingerprint density at radius 2 is 1.87 bits per heavy atom. The second-order valence-electron chi connectivity index (χ2n) is 6.70. The highest BCUT2D eigenvalue weighted by Crippen LogP contribution is 2.27. The molecule has 1 N–H and O–H groups in total. The van der Waals surface area contributed by atoms with Crippen molar-refractivity contribution in [3.63, 3.8) is 0 Å². The Morgan fingerprint density at radius 3 is 2.55 bits per heavy atom. The summed E-state index contributed by atoms with van der Waals surface area (Å²) in [6.45, 7) is 2.43. The fourth-order valence-electron chi connectivity index (χ4n) is 2.99. The van der Waals surface area contributed by atoms with E-state index in [1.54, 1.807) is 30.3 Å². The lowest BCUT2D eigenvalue weighted by Gasteiger charge is -2.12. The molecule has 0 aliphatic carbocycles. The minimum atomic E-state index is -0.486. The molecule has 0 bridgehead atoms. The zero-order chi connectivity index (χ0) is 22.2. The summed E-state index contributed by atoms with van der Waals surface area (Å²) in [5.74, 6) is 0.238. The van der Waals surface area contributed by atoms with Crippen molar-refractivity contribution in [2.45, 2.75) is 13.3 Å². The van der Waals surface area contributed by atoms with Crippen molar-refractivity contribution >= 4 is 45.2 Å². The average molecular weight is 496 g/mol. The number of nitrogens with zero attached hydrogens (tertiary/aromatic N) is 1. The van der Waals surface area contributed by atoms with E-state index in [9.17, 15) is 10.1 Å². The van der Waals surface area contributed by atoms with Crippen molar-refractivity contribution in [1.29, 1.82) is 5.26 Å². The van der Waals surface area contributed by atoms with Gasteiger partial charge in [-0.15, -0.1) is 0 Å². The molecule has 0 aliphatic rings. The number of nitrogens with one attached hydrogen (secondary N) is 1. The van der Waals surface area contributed by atoms with Crippen molar-refractivity contribution in [3.8, 4) is 11.8 Å². The van der Waals surface area contributed by atoms with Crippen LogP contribution in [0.2, 0.25) is 5.02 Å². The smallest absolute Gasteiger partial charge is 0.266 e. The first-order valence-corrected chi connectivity index (χ1v) is 10.8. The highest BCUT2D eigenvalue weighted by Gasteiger charge is 2.12. The molecule has 0 spiro atoms. The number of amides is 1. The first-order valence-electron chi connectivity index (χ1n) is 9.68. The molecule has 4 nitrogen and oxygen atoms in total. The molecule has 3 rings (SSSR count). The van der Waals surface area contributed by atoms with E-state index >= 15 is 0 Å². The lowest BCUT2D eigenvalue weighted by molar-refractivity contribution is -0.112. The van der Waals surface area contributed by atoms with Crippen LogP contribution in [0, 0.1) is 11.3 Å². The second-order valence-corrected chi connectivity index (χ2v) is 7.99. The fraction of sp³-hybridized carbons (Fsp3) is 0.120. The van der Waals surface area contributed by atoms with E-state index in [0.29, 0.717) is 29.3 Å². The van der Waals surface area contributed by atoms with Gasteiger partial charge in [0.05, 0.1) is 6.61 Å². The molecule has 3 aromatic carbocycles. The molecule has 0 aromatic heterocycles. The van der Waals surface area contributed by atoms with Crippen LogP contribution in [0.4, 0.5) is 5.69 Å². The number of hydrogen-bond acceptors (Lipinski definition) is 3. The summed E-state index contributed by atoms with van der Waals surface area (Å²) in [6.07, 6.45) is 2.25. The monoisotopic (exact) mass is 494 g/mol. The van der Waals surface area contributed by atoms with Gasteiger partial charge in [-0.3, -0.25) is 4.79 Å². The van der Waals surface area contributed by atoms with Crippen molar-refractivity contribution in [2.24, 2.45) is 0 Å². The average Bonchev–Trinajstić information content (AvgIpc) is 2.77. The van der Waals surface area contributed by atoms with Gasteiger partial charge in [-0.05, 0) is 66.1 Å². The topological polar surface area (TPSA) is 62.1 Å². The summed E-state index contributed by atoms with van der Waals surface area (Å²) in [7, 11) is 0. The third-order valence-corrected chi connectivity index (χ3v) is 5.53. The Bertz CT molecular complexity index is 1150. The number of carbonyl (C=O) groups is 1. The van der Waals surface area contributed by atoms with Crippen LogP contribution in [-0.2, 0) is 11.2 Å². The second kappa shape index (κ2) is 10.8. The van der Waals surface area contributed by atoms with Gasteiger partial charge in [-0.1, -0.05) is 57.9 Å². The zero-order valence-corrected chi connectivity index (χ0v) is 19.2. The molecule has 0 fully saturated rings. The van der Waals surface area contributed by atoms with Gasteiger partial charge in [-0.25, -0.2) is 0 Å². The molecule has 0 heterocycles. The largest absolute Gasteiger partial charge is 0.494 e. The Morgan fingerprint density at radius 1 is 1.13 bits per heavy atom. The summed E-state index contributed by atoms with van der Waals surface area (Å²) in [5, 5.41) is 12.8. The normalized spacial score (nSPS) is 11.0. The van der Waals surface area contributed by atoms with Crippen LogP contribution in [-0.4, -0.2) is 12.5 Å². The van der Waals surface area contributed by atoms with E-state index in [0.717, 1.165) is 21.3 Å². The van der Waals surface area contributed by atoms with Gasteiger partial charge in [0.15, 0.2) is 0 Å². The van der Waals surface area contributed by atoms with Gasteiger partial charge < -0.3 is 10.1 Å². The molecular formula is C25H20BrClN2O2. The van der Waals surface area contributed by atoms with E-state index in [1.165, 1.54) is 0 Å². The van der Waals surface area contributed by atoms with E-state index in [4.69, 9.17) is 16.3 Å². The maximum atomic E-state index is 12.5. The Kier molecular flexibility index (Phi) is 7.88. The highest BCUT2D eigenvalue weighted by atomic mass is 79.9. The van der Waals surface area contributed by atoms with Gasteiger partial charge >= 0.3 is 0 Å². The molecule has 156 valence electrons. The minimum absolute atomic E-state index is 0.00375. The van der Waals surface area contributed by atoms with Gasteiger partial charge in [0.1, 0.15) is 17.4 Å². The van der Waals surface area contributed by atoms with Crippen LogP contribution in [0.3, 0.4) is 0 Å². The van der Waals surface area contributed by atoms with Crippen molar-refractivity contribution in [3.05, 3.63) is 98.5 Å². The van der Waals surface area contributed by atoms with Crippen LogP contribution in [0.15, 0.2) is 76.8 Å². The summed E-state index contributed by atoms with van der Waals surface area (Å²) >= 11 is 9.45. The first kappa shape index (κ1) is 22.6. The Balaban J connectivity index is 1.85. The summed E-state index contributed by atoms with van der Waals surface area (Å²) in [4.78, 5) is 12.5. The predicted octanol–water partition coefficient (Wildman–Crippen LogP) is 6.64. The number of rotatable bonds is 7. The van der Waals surface area contributed by atoms with Gasteiger partial charge in [0, 0.05) is 21.6 Å². The van der Waals surface area contributed by atoms with Gasteiger partial charge in [-0.2, -0.15) is 5.26 Å². The first-order chi connectivity index (χ1) is 15.0. The number of halogens is 2. The number of carbonyl (C=O) groups excluding carboxylic acids is 1. The van der Waals surface area contributed by atoms with Crippen LogP contribution in [0.1, 0.15) is 23.6 Å². The minimum Gasteiger partial charge on any atom is -0.494 e. The van der Waals surface area contributed by atoms with Crippen LogP contribution < -0.4 is 10.1 Å². The molecule has 3 aromatic rings. The standard InChI is InChI=1S/C25H20BrClN2O2/c1-2-31-24-14-17(7-8-19(24)15-18-5-3-4-6-23(18)26)13-20(16-28)25(30)29-22-11-9-21(27)10-12-22/h3-14H,2,15H2,1H3,(H,29,30)/b20-13+. The maximum absolute atomic E-state index is 12.5. The number of hydrogen-bond donors (Lipinski definition) is 1. The van der Waals surface area contributed by atoms with E-state index in [2.05, 4.69) is 27.3 Å². The van der Waals surface area contributed by atoms with E-state index < -0.39 is 5.91 Å². The summed E-state index contributed by atoms with van der Waals surface area (Å²) in [5.41, 5.74) is 3.44. The fourth-order valence-corrected chi connectivity index (χ4v) is 3.54. The molecule has 0 unspecified atom stereocenters. The van der Waals surface area contributed by atoms with Crippen molar-refractivity contribution in [2.75, 3.05) is 11.9 Å². The van der Waals surface area contributed by atoms with Crippen LogP contribution in [0.5, 0.6) is 5.75 Å². The molecule has 0 radical (unpaired) electrons. The third-order valence-electron chi connectivity index (χ3n) is 4.51. The lowest BCUT2D eigenvalue weighted by Crippen LogP contribution is -2.13. The quantitative estimate of drug-likeness (QED) is 0.295. The van der Waals surface area contributed by atoms with E-state index in [-0.39, 0.29) is 5.57 Å². The number of ether oxygens (including phenoxy) is 1. The van der Waals surface area contributed by atoms with Crippen LogP contribution in [0.25, 0.3) is 6.08 Å². The van der Waals surface area contributed by atoms with Gasteiger partial charge in [0.2, 0.25) is 0 Å². The van der Waals surface area contributed by atoms with Gasteiger partial charge in [0.25, 0.3) is 5.91 Å². The number of benzene rings is 3. The SMILES string of the molecule is CCOc1cc(/C=C(\C#N)C(=O)Nc2ccc(Cl)cc2)ccc1Cc1ccccc1Br. The molecule has 0 saturated carbocycles. The lowest BCUT2D eigenvalue weighted by atomic mass is 10.0. The molecular weight excluding hydrogens is 476 g/mol. The number of anilines is 1. The van der Waals surface area contributed by atoms with Crippen molar-refractivity contribution in [1.82, 2.24) is 0 Å². The number of nitriles is 1. The molecule has 1 amide bonds. The molecule has 31 heavy (non-hydrogen) atoms. The molecule has 0 atom stereocenters. The highest BCUT2D eigenvalue weighted by molar-refractivity contribution is 9.10. The molecule has 6 heteroatoms.